The normalized spacial score (nSPS) is 12.0. The summed E-state index contributed by atoms with van der Waals surface area (Å²) in [7, 11) is 0. The molecule has 0 saturated heterocycles. The second-order valence-electron chi connectivity index (χ2n) is 4.78. The quantitative estimate of drug-likeness (QED) is 0.692. The SMILES string of the molecule is CCC(C)(C)c1ccc2c(Cl)nccc2c1. The molecule has 0 bridgehead atoms. The van der Waals surface area contributed by atoms with Gasteiger partial charge in [-0.3, -0.25) is 0 Å². The van der Waals surface area contributed by atoms with Crippen molar-refractivity contribution < 1.29 is 0 Å². The Balaban J connectivity index is 2.61. The summed E-state index contributed by atoms with van der Waals surface area (Å²) in [4.78, 5) is 4.08. The Morgan fingerprint density at radius 3 is 2.69 bits per heavy atom. The maximum atomic E-state index is 6.05. The number of hydrogen-bond donors (Lipinski definition) is 0. The van der Waals surface area contributed by atoms with Gasteiger partial charge in [0.25, 0.3) is 0 Å². The van der Waals surface area contributed by atoms with Gasteiger partial charge in [0.15, 0.2) is 0 Å². The van der Waals surface area contributed by atoms with Crippen molar-refractivity contribution in [3.8, 4) is 0 Å². The Morgan fingerprint density at radius 2 is 2.00 bits per heavy atom. The van der Waals surface area contributed by atoms with Crippen LogP contribution in [0, 0.1) is 0 Å². The molecule has 84 valence electrons. The van der Waals surface area contributed by atoms with Crippen LogP contribution in [0.1, 0.15) is 32.8 Å². The van der Waals surface area contributed by atoms with Gasteiger partial charge < -0.3 is 0 Å². The van der Waals surface area contributed by atoms with E-state index in [1.807, 2.05) is 6.07 Å². The van der Waals surface area contributed by atoms with E-state index >= 15 is 0 Å². The molecule has 0 unspecified atom stereocenters. The molecule has 2 heteroatoms. The highest BCUT2D eigenvalue weighted by atomic mass is 35.5. The lowest BCUT2D eigenvalue weighted by Gasteiger charge is -2.23. The van der Waals surface area contributed by atoms with Crippen molar-refractivity contribution in [1.29, 1.82) is 0 Å². The Hall–Kier alpha value is -1.08. The fourth-order valence-electron chi connectivity index (χ4n) is 1.77. The molecule has 0 spiro atoms. The van der Waals surface area contributed by atoms with Crippen LogP contribution in [0.5, 0.6) is 0 Å². The van der Waals surface area contributed by atoms with E-state index in [1.54, 1.807) is 6.20 Å². The zero-order chi connectivity index (χ0) is 11.8. The lowest BCUT2D eigenvalue weighted by molar-refractivity contribution is 0.507. The molecule has 0 saturated carbocycles. The van der Waals surface area contributed by atoms with Gasteiger partial charge >= 0.3 is 0 Å². The minimum Gasteiger partial charge on any atom is -0.244 e. The number of rotatable bonds is 2. The first kappa shape index (κ1) is 11.4. The monoisotopic (exact) mass is 233 g/mol. The van der Waals surface area contributed by atoms with Gasteiger partial charge in [0.05, 0.1) is 0 Å². The summed E-state index contributed by atoms with van der Waals surface area (Å²) in [6.45, 7) is 6.73. The molecule has 0 aliphatic carbocycles. The molecule has 0 fully saturated rings. The third-order valence-electron chi connectivity index (χ3n) is 3.38. The van der Waals surface area contributed by atoms with Gasteiger partial charge in [-0.05, 0) is 28.9 Å². The van der Waals surface area contributed by atoms with Gasteiger partial charge in [0.2, 0.25) is 0 Å². The lowest BCUT2D eigenvalue weighted by atomic mass is 9.81. The van der Waals surface area contributed by atoms with Crippen LogP contribution in [-0.4, -0.2) is 4.98 Å². The van der Waals surface area contributed by atoms with E-state index in [9.17, 15) is 0 Å². The van der Waals surface area contributed by atoms with Crippen molar-refractivity contribution in [2.45, 2.75) is 32.6 Å². The van der Waals surface area contributed by atoms with E-state index in [0.717, 1.165) is 11.8 Å². The molecule has 1 heterocycles. The van der Waals surface area contributed by atoms with Gasteiger partial charge in [-0.25, -0.2) is 4.98 Å². The van der Waals surface area contributed by atoms with E-state index in [0.29, 0.717) is 5.15 Å². The van der Waals surface area contributed by atoms with E-state index in [2.05, 4.69) is 44.0 Å². The highest BCUT2D eigenvalue weighted by Gasteiger charge is 2.18. The molecule has 2 rings (SSSR count). The number of pyridine rings is 1. The lowest BCUT2D eigenvalue weighted by Crippen LogP contribution is -2.15. The molecule has 1 nitrogen and oxygen atoms in total. The average molecular weight is 234 g/mol. The molecule has 1 aromatic carbocycles. The first-order valence-corrected chi connectivity index (χ1v) is 5.97. The average Bonchev–Trinajstić information content (AvgIpc) is 2.29. The number of fused-ring (bicyclic) bond motifs is 1. The molecule has 0 N–H and O–H groups in total. The predicted molar refractivity (Wildman–Crippen MR) is 70.1 cm³/mol. The largest absolute Gasteiger partial charge is 0.244 e. The van der Waals surface area contributed by atoms with Crippen LogP contribution >= 0.6 is 11.6 Å². The van der Waals surface area contributed by atoms with Crippen LogP contribution < -0.4 is 0 Å². The molecule has 1 aromatic heterocycles. The van der Waals surface area contributed by atoms with Crippen LogP contribution in [-0.2, 0) is 5.41 Å². The molecule has 16 heavy (non-hydrogen) atoms. The number of nitrogens with zero attached hydrogens (tertiary/aromatic N) is 1. The zero-order valence-electron chi connectivity index (χ0n) is 9.92. The van der Waals surface area contributed by atoms with E-state index in [-0.39, 0.29) is 5.41 Å². The second kappa shape index (κ2) is 4.06. The standard InChI is InChI=1S/C14H16ClN/c1-4-14(2,3)11-5-6-12-10(9-11)7-8-16-13(12)15/h5-9H,4H2,1-3H3. The van der Waals surface area contributed by atoms with Crippen LogP contribution in [0.3, 0.4) is 0 Å². The summed E-state index contributed by atoms with van der Waals surface area (Å²) >= 11 is 6.05. The Morgan fingerprint density at radius 1 is 1.25 bits per heavy atom. The minimum atomic E-state index is 0.212. The minimum absolute atomic E-state index is 0.212. The first-order valence-electron chi connectivity index (χ1n) is 5.59. The predicted octanol–water partition coefficient (Wildman–Crippen LogP) is 4.58. The van der Waals surface area contributed by atoms with Crippen LogP contribution in [0.25, 0.3) is 10.8 Å². The topological polar surface area (TPSA) is 12.9 Å². The Bertz CT molecular complexity index is 517. The number of halogens is 1. The number of benzene rings is 1. The highest BCUT2D eigenvalue weighted by Crippen LogP contribution is 2.30. The highest BCUT2D eigenvalue weighted by molar-refractivity contribution is 6.34. The molecule has 0 amide bonds. The van der Waals surface area contributed by atoms with Crippen molar-refractivity contribution in [1.82, 2.24) is 4.98 Å². The van der Waals surface area contributed by atoms with E-state index in [4.69, 9.17) is 11.6 Å². The van der Waals surface area contributed by atoms with Gasteiger partial charge in [0, 0.05) is 11.6 Å². The maximum Gasteiger partial charge on any atom is 0.136 e. The van der Waals surface area contributed by atoms with Crippen molar-refractivity contribution in [3.63, 3.8) is 0 Å². The molecule has 0 radical (unpaired) electrons. The summed E-state index contributed by atoms with van der Waals surface area (Å²) in [5.74, 6) is 0. The fraction of sp³-hybridized carbons (Fsp3) is 0.357. The smallest absolute Gasteiger partial charge is 0.136 e. The third-order valence-corrected chi connectivity index (χ3v) is 3.68. The summed E-state index contributed by atoms with van der Waals surface area (Å²) in [6, 6.07) is 8.44. The van der Waals surface area contributed by atoms with Crippen LogP contribution in [0.2, 0.25) is 5.15 Å². The third kappa shape index (κ3) is 1.92. The van der Waals surface area contributed by atoms with Gasteiger partial charge in [-0.2, -0.15) is 0 Å². The zero-order valence-corrected chi connectivity index (χ0v) is 10.7. The van der Waals surface area contributed by atoms with Crippen molar-refractivity contribution in [3.05, 3.63) is 41.2 Å². The first-order chi connectivity index (χ1) is 7.54. The van der Waals surface area contributed by atoms with Gasteiger partial charge in [-0.1, -0.05) is 50.6 Å². The molecule has 0 aliphatic heterocycles. The fourth-order valence-corrected chi connectivity index (χ4v) is 1.99. The van der Waals surface area contributed by atoms with Crippen molar-refractivity contribution in [2.24, 2.45) is 0 Å². The number of hydrogen-bond acceptors (Lipinski definition) is 1. The Kier molecular flexibility index (Phi) is 2.90. The van der Waals surface area contributed by atoms with Crippen LogP contribution in [0.4, 0.5) is 0 Å². The van der Waals surface area contributed by atoms with Gasteiger partial charge in [0.1, 0.15) is 5.15 Å². The molecular formula is C14H16ClN. The van der Waals surface area contributed by atoms with E-state index < -0.39 is 0 Å². The Labute approximate surface area is 101 Å². The molecule has 0 aliphatic rings. The summed E-state index contributed by atoms with van der Waals surface area (Å²) in [6.07, 6.45) is 2.88. The summed E-state index contributed by atoms with van der Waals surface area (Å²) < 4.78 is 0. The van der Waals surface area contributed by atoms with Crippen molar-refractivity contribution in [2.75, 3.05) is 0 Å². The molecular weight excluding hydrogens is 218 g/mol. The van der Waals surface area contributed by atoms with Crippen LogP contribution in [0.15, 0.2) is 30.5 Å². The van der Waals surface area contributed by atoms with E-state index in [1.165, 1.54) is 10.9 Å². The number of aromatic nitrogens is 1. The summed E-state index contributed by atoms with van der Waals surface area (Å²) in [5.41, 5.74) is 1.56. The molecule has 0 atom stereocenters. The second-order valence-corrected chi connectivity index (χ2v) is 5.13. The summed E-state index contributed by atoms with van der Waals surface area (Å²) in [5, 5.41) is 2.78. The maximum absolute atomic E-state index is 6.05. The molecule has 2 aromatic rings. The van der Waals surface area contributed by atoms with Crippen molar-refractivity contribution >= 4 is 22.4 Å². The van der Waals surface area contributed by atoms with Gasteiger partial charge in [-0.15, -0.1) is 0 Å².